The van der Waals surface area contributed by atoms with Gasteiger partial charge in [-0.05, 0) is 113 Å². The predicted molar refractivity (Wildman–Crippen MR) is 184 cm³/mol. The molecule has 264 valence electrons. The van der Waals surface area contributed by atoms with E-state index in [1.54, 1.807) is 24.3 Å². The molecule has 0 saturated carbocycles. The summed E-state index contributed by atoms with van der Waals surface area (Å²) >= 11 is 0. The summed E-state index contributed by atoms with van der Waals surface area (Å²) in [7, 11) is -16.4. The van der Waals surface area contributed by atoms with Crippen molar-refractivity contribution in [3.8, 4) is 11.5 Å². The average molecular weight is 775 g/mol. The zero-order valence-corrected chi connectivity index (χ0v) is 34.7. The van der Waals surface area contributed by atoms with Gasteiger partial charge in [0, 0.05) is 0 Å². The molecule has 19 heteroatoms. The molecule has 0 bridgehead atoms. The fourth-order valence-electron chi connectivity index (χ4n) is 5.34. The molecule has 0 unspecified atom stereocenters. The molecule has 0 N–H and O–H groups in total. The van der Waals surface area contributed by atoms with Crippen LogP contribution < -0.4 is 19.8 Å². The number of hydrogen-bond acceptors (Lipinski definition) is 7. The summed E-state index contributed by atoms with van der Waals surface area (Å²) in [5.41, 5.74) is 0. The summed E-state index contributed by atoms with van der Waals surface area (Å²) in [6.45, 7) is 23.4. The summed E-state index contributed by atoms with van der Waals surface area (Å²) in [4.78, 5) is 0. The van der Waals surface area contributed by atoms with Crippen LogP contribution in [-0.4, -0.2) is 50.9 Å². The maximum Gasteiger partial charge on any atom is 0.344 e. The Morgan fingerprint density at radius 1 is 0.383 bits per heavy atom. The van der Waals surface area contributed by atoms with E-state index in [4.69, 9.17) is 20.6 Å². The number of hydrogen-bond donors (Lipinski definition) is 0. The Labute approximate surface area is 279 Å². The number of halogens is 6. The first-order valence-corrected chi connectivity index (χ1v) is 31.7. The standard InChI is InChI=1S/C28H44F6O7Si6/c1-42(2,23-17-13-21(14-18-23)35-27(33)25(29)30)37-44(5,6)39-46(9,10)41-47(11,12)40-45(7,8)38-43(3,4)24-19-15-22(16-20-24)36-28(34)26(31)32/h13-20H,1-12H3. The van der Waals surface area contributed by atoms with Gasteiger partial charge in [-0.1, -0.05) is 24.3 Å². The van der Waals surface area contributed by atoms with Gasteiger partial charge in [-0.25, -0.2) is 0 Å². The second-order valence-corrected chi connectivity index (χ2v) is 35.9. The lowest BCUT2D eigenvalue weighted by Gasteiger charge is -2.43. The van der Waals surface area contributed by atoms with Crippen molar-refractivity contribution in [2.45, 2.75) is 78.6 Å². The van der Waals surface area contributed by atoms with Crippen LogP contribution in [-0.2, 0) is 20.6 Å². The van der Waals surface area contributed by atoms with Gasteiger partial charge in [0.05, 0.1) is 0 Å². The quantitative estimate of drug-likeness (QED) is 0.0960. The van der Waals surface area contributed by atoms with Crippen LogP contribution in [0, 0.1) is 0 Å². The third-order valence-electron chi connectivity index (χ3n) is 6.29. The first kappa shape index (κ1) is 41.4. The zero-order chi connectivity index (χ0) is 36.2. The van der Waals surface area contributed by atoms with E-state index < -0.39 is 75.1 Å². The van der Waals surface area contributed by atoms with Crippen molar-refractivity contribution in [3.63, 3.8) is 0 Å². The molecule has 0 aliphatic carbocycles. The normalized spacial score (nSPS) is 13.3. The van der Waals surface area contributed by atoms with E-state index >= 15 is 0 Å². The van der Waals surface area contributed by atoms with Crippen molar-refractivity contribution in [3.05, 3.63) is 72.7 Å². The molecule has 2 rings (SSSR count). The minimum absolute atomic E-state index is 0.0583. The van der Waals surface area contributed by atoms with Crippen molar-refractivity contribution < 1.29 is 56.4 Å². The van der Waals surface area contributed by atoms with Gasteiger partial charge in [-0.2, -0.15) is 26.3 Å². The fourth-order valence-corrected chi connectivity index (χ4v) is 34.4. The summed E-state index contributed by atoms with van der Waals surface area (Å²) < 4.78 is 118. The Morgan fingerprint density at radius 2 is 0.617 bits per heavy atom. The minimum atomic E-state index is -2.83. The van der Waals surface area contributed by atoms with Crippen LogP contribution in [0.2, 0.25) is 78.6 Å². The summed E-state index contributed by atoms with van der Waals surface area (Å²) in [6.07, 6.45) is -5.07. The Bertz CT molecular complexity index is 1320. The molecule has 2 aromatic carbocycles. The lowest BCUT2D eigenvalue weighted by atomic mass is 10.3. The van der Waals surface area contributed by atoms with E-state index in [-0.39, 0.29) is 11.5 Å². The molecule has 0 aliphatic rings. The summed E-state index contributed by atoms with van der Waals surface area (Å²) in [5, 5.41) is 1.68. The first-order valence-electron chi connectivity index (χ1n) is 14.6. The minimum Gasteiger partial charge on any atom is -0.433 e. The van der Waals surface area contributed by atoms with Gasteiger partial charge < -0.3 is 30.0 Å². The zero-order valence-electron chi connectivity index (χ0n) is 28.7. The Morgan fingerprint density at radius 3 is 0.851 bits per heavy atom. The van der Waals surface area contributed by atoms with Gasteiger partial charge in [-0.15, -0.1) is 0 Å². The van der Waals surface area contributed by atoms with E-state index in [0.29, 0.717) is 0 Å². The highest BCUT2D eigenvalue weighted by Crippen LogP contribution is 2.28. The first-order chi connectivity index (χ1) is 21.1. The molecule has 2 aromatic rings. The van der Waals surface area contributed by atoms with Crippen molar-refractivity contribution >= 4 is 61.3 Å². The third-order valence-corrected chi connectivity index (χ3v) is 29.5. The maximum absolute atomic E-state index is 13.2. The fraction of sp³-hybridized carbons (Fsp3) is 0.429. The maximum atomic E-state index is 13.2. The highest BCUT2D eigenvalue weighted by Gasteiger charge is 2.47. The molecule has 0 aromatic heterocycles. The highest BCUT2D eigenvalue weighted by atomic mass is 28.5. The Hall–Kier alpha value is -1.80. The predicted octanol–water partition coefficient (Wildman–Crippen LogP) is 8.93. The van der Waals surface area contributed by atoms with E-state index in [9.17, 15) is 26.3 Å². The van der Waals surface area contributed by atoms with Crippen molar-refractivity contribution in [1.29, 1.82) is 0 Å². The third kappa shape index (κ3) is 13.6. The van der Waals surface area contributed by atoms with Gasteiger partial charge >= 0.3 is 58.4 Å². The van der Waals surface area contributed by atoms with Crippen molar-refractivity contribution in [2.75, 3.05) is 0 Å². The topological polar surface area (TPSA) is 64.6 Å². The molecule has 0 radical (unpaired) electrons. The van der Waals surface area contributed by atoms with Gasteiger partial charge in [0.1, 0.15) is 11.5 Å². The summed E-state index contributed by atoms with van der Waals surface area (Å²) in [5.74, 6) is -0.117. The van der Waals surface area contributed by atoms with Crippen molar-refractivity contribution in [1.82, 2.24) is 0 Å². The molecule has 0 atom stereocenters. The molecule has 0 aliphatic heterocycles. The molecular weight excluding hydrogens is 731 g/mol. The monoisotopic (exact) mass is 774 g/mol. The smallest absolute Gasteiger partial charge is 0.344 e. The number of rotatable bonds is 16. The largest absolute Gasteiger partial charge is 0.433 e. The van der Waals surface area contributed by atoms with Crippen LogP contribution in [0.1, 0.15) is 0 Å². The van der Waals surface area contributed by atoms with E-state index in [1.807, 2.05) is 78.6 Å². The van der Waals surface area contributed by atoms with Gasteiger partial charge in [0.25, 0.3) is 0 Å². The van der Waals surface area contributed by atoms with Crippen LogP contribution in [0.25, 0.3) is 0 Å². The average Bonchev–Trinajstić information content (AvgIpc) is 2.85. The Kier molecular flexibility index (Phi) is 13.6. The molecule has 7 nitrogen and oxygen atoms in total. The van der Waals surface area contributed by atoms with Crippen LogP contribution in [0.15, 0.2) is 72.7 Å². The van der Waals surface area contributed by atoms with Gasteiger partial charge in [0.2, 0.25) is 16.6 Å². The number of ether oxygens (including phenoxy) is 2. The van der Waals surface area contributed by atoms with Crippen molar-refractivity contribution in [2.24, 2.45) is 0 Å². The van der Waals surface area contributed by atoms with E-state index in [1.165, 1.54) is 24.3 Å². The molecule has 47 heavy (non-hydrogen) atoms. The van der Waals surface area contributed by atoms with Gasteiger partial charge in [0.15, 0.2) is 0 Å². The summed E-state index contributed by atoms with van der Waals surface area (Å²) in [6, 6.07) is 8.45. The second-order valence-electron chi connectivity index (χ2n) is 13.5. The second kappa shape index (κ2) is 15.4. The Balaban J connectivity index is 2.08. The number of benzene rings is 2. The highest BCUT2D eigenvalue weighted by molar-refractivity contribution is 6.95. The lowest BCUT2D eigenvalue weighted by Crippen LogP contribution is -2.62. The van der Waals surface area contributed by atoms with E-state index in [0.717, 1.165) is 10.4 Å². The molecule has 0 spiro atoms. The molecule has 0 saturated heterocycles. The van der Waals surface area contributed by atoms with E-state index in [2.05, 4.69) is 9.47 Å². The lowest BCUT2D eigenvalue weighted by molar-refractivity contribution is 0.241. The molecular formula is C28H44F6O7Si6. The van der Waals surface area contributed by atoms with Crippen LogP contribution in [0.3, 0.4) is 0 Å². The molecule has 0 heterocycles. The molecule has 0 amide bonds. The van der Waals surface area contributed by atoms with Crippen LogP contribution in [0.5, 0.6) is 11.5 Å². The van der Waals surface area contributed by atoms with Crippen LogP contribution >= 0.6 is 0 Å². The SMILES string of the molecule is C[Si](C)(O[Si](C)(C)O[Si](C)(C)O[Si](C)(C)c1ccc(OC(F)=C(F)F)cc1)O[Si](C)(C)O[Si](C)(C)c1ccc(OC(F)=C(F)F)cc1. The van der Waals surface area contributed by atoms with Crippen LogP contribution in [0.4, 0.5) is 26.3 Å². The van der Waals surface area contributed by atoms with Gasteiger partial charge in [-0.3, -0.25) is 0 Å². The molecule has 0 fully saturated rings.